The average Bonchev–Trinajstić information content (AvgIpc) is 3.26. The summed E-state index contributed by atoms with van der Waals surface area (Å²) in [6.45, 7) is 0.778. The van der Waals surface area contributed by atoms with Gasteiger partial charge in [0.25, 0.3) is 0 Å². The number of ether oxygens (including phenoxy) is 2. The summed E-state index contributed by atoms with van der Waals surface area (Å²) in [6.07, 6.45) is 3.63. The van der Waals surface area contributed by atoms with Crippen molar-refractivity contribution in [3.63, 3.8) is 0 Å². The number of nitrogens with zero attached hydrogens (tertiary/aromatic N) is 4. The third-order valence-electron chi connectivity index (χ3n) is 5.19. The minimum absolute atomic E-state index is 0.132. The van der Waals surface area contributed by atoms with Crippen LogP contribution in [0.15, 0.2) is 73.2 Å². The molecule has 2 heterocycles. The van der Waals surface area contributed by atoms with Crippen LogP contribution < -0.4 is 0 Å². The summed E-state index contributed by atoms with van der Waals surface area (Å²) in [5, 5.41) is 0.645. The number of halogens is 1. The fourth-order valence-corrected chi connectivity index (χ4v) is 3.66. The third kappa shape index (κ3) is 6.25. The van der Waals surface area contributed by atoms with E-state index in [1.807, 2.05) is 48.5 Å². The molecule has 176 valence electrons. The molecule has 0 saturated carbocycles. The monoisotopic (exact) mass is 486 g/mol. The van der Waals surface area contributed by atoms with Crippen LogP contribution in [0.5, 0.6) is 0 Å². The van der Waals surface area contributed by atoms with Crippen LogP contribution in [0.2, 0.25) is 5.02 Å². The molecule has 35 heavy (non-hydrogen) atoms. The standard InChI is InChI=1S/C27H23ClN4O3/c1-34-27(33)35-18-6-5-9-24-31-25(21-10-12-22(28)13-11-21)26(23-14-16-29-19-30-23)32(24)17-15-20-7-3-2-4-8-20/h2-4,7-8,10-14,16,19H,6,15,17-18H2,1H3. The fraction of sp³-hybridized carbons (Fsp3) is 0.185. The van der Waals surface area contributed by atoms with E-state index in [2.05, 4.69) is 43.2 Å². The van der Waals surface area contributed by atoms with Crippen molar-refractivity contribution in [1.82, 2.24) is 19.5 Å². The first-order valence-electron chi connectivity index (χ1n) is 11.0. The van der Waals surface area contributed by atoms with Gasteiger partial charge in [-0.3, -0.25) is 0 Å². The molecule has 0 amide bonds. The number of aromatic nitrogens is 4. The van der Waals surface area contributed by atoms with Crippen molar-refractivity contribution >= 4 is 17.8 Å². The summed E-state index contributed by atoms with van der Waals surface area (Å²) in [6, 6.07) is 19.6. The fourth-order valence-electron chi connectivity index (χ4n) is 3.54. The summed E-state index contributed by atoms with van der Waals surface area (Å²) >= 11 is 6.13. The predicted molar refractivity (Wildman–Crippen MR) is 134 cm³/mol. The first kappa shape index (κ1) is 24.0. The highest BCUT2D eigenvalue weighted by Crippen LogP contribution is 2.32. The lowest BCUT2D eigenvalue weighted by Gasteiger charge is -2.11. The summed E-state index contributed by atoms with van der Waals surface area (Å²) in [5.41, 5.74) is 4.45. The Hall–Kier alpha value is -4.15. The third-order valence-corrected chi connectivity index (χ3v) is 5.44. The number of carbonyl (C=O) groups is 1. The molecule has 4 aromatic rings. The second-order valence-corrected chi connectivity index (χ2v) is 7.91. The number of aryl methyl sites for hydroxylation is 1. The van der Waals surface area contributed by atoms with E-state index in [0.717, 1.165) is 29.1 Å². The Kier molecular flexibility index (Phi) is 8.10. The van der Waals surface area contributed by atoms with Crippen molar-refractivity contribution in [2.75, 3.05) is 13.7 Å². The van der Waals surface area contributed by atoms with Crippen molar-refractivity contribution < 1.29 is 14.3 Å². The largest absolute Gasteiger partial charge is 0.508 e. The molecule has 0 fully saturated rings. The van der Waals surface area contributed by atoms with Gasteiger partial charge < -0.3 is 14.0 Å². The minimum Gasteiger partial charge on any atom is -0.438 e. The molecule has 2 aromatic heterocycles. The molecule has 7 nitrogen and oxygen atoms in total. The van der Waals surface area contributed by atoms with E-state index in [0.29, 0.717) is 23.8 Å². The molecule has 0 spiro atoms. The smallest absolute Gasteiger partial charge is 0.438 e. The zero-order chi connectivity index (χ0) is 24.5. The van der Waals surface area contributed by atoms with Crippen molar-refractivity contribution in [1.29, 1.82) is 0 Å². The van der Waals surface area contributed by atoms with Crippen LogP contribution in [-0.2, 0) is 22.4 Å². The van der Waals surface area contributed by atoms with Crippen molar-refractivity contribution in [3.05, 3.63) is 89.6 Å². The zero-order valence-corrected chi connectivity index (χ0v) is 19.9. The lowest BCUT2D eigenvalue weighted by atomic mass is 10.1. The number of carbonyl (C=O) groups excluding carboxylic acids is 1. The molecule has 0 aliphatic heterocycles. The molecule has 0 bridgehead atoms. The molecule has 0 aliphatic carbocycles. The topological polar surface area (TPSA) is 79.1 Å². The summed E-state index contributed by atoms with van der Waals surface area (Å²) in [5.74, 6) is 6.80. The van der Waals surface area contributed by atoms with Crippen LogP contribution in [0.25, 0.3) is 22.6 Å². The maximum Gasteiger partial charge on any atom is 0.508 e. The normalized spacial score (nSPS) is 10.3. The first-order valence-corrected chi connectivity index (χ1v) is 11.4. The van der Waals surface area contributed by atoms with Crippen molar-refractivity contribution in [3.8, 4) is 34.5 Å². The Bertz CT molecular complexity index is 1330. The Morgan fingerprint density at radius 3 is 2.60 bits per heavy atom. The quantitative estimate of drug-likeness (QED) is 0.197. The number of methoxy groups -OCH3 is 1. The number of imidazole rings is 1. The van der Waals surface area contributed by atoms with E-state index < -0.39 is 6.16 Å². The Balaban J connectivity index is 1.76. The van der Waals surface area contributed by atoms with Crippen LogP contribution in [0.4, 0.5) is 4.79 Å². The predicted octanol–water partition coefficient (Wildman–Crippen LogP) is 5.43. The second-order valence-electron chi connectivity index (χ2n) is 7.48. The van der Waals surface area contributed by atoms with E-state index in [4.69, 9.17) is 21.3 Å². The van der Waals surface area contributed by atoms with Crippen molar-refractivity contribution in [2.24, 2.45) is 0 Å². The van der Waals surface area contributed by atoms with Gasteiger partial charge in [-0.1, -0.05) is 60.0 Å². The van der Waals surface area contributed by atoms with Gasteiger partial charge in [0, 0.05) is 29.7 Å². The van der Waals surface area contributed by atoms with Gasteiger partial charge in [-0.15, -0.1) is 0 Å². The average molecular weight is 487 g/mol. The van der Waals surface area contributed by atoms with Crippen LogP contribution in [0.1, 0.15) is 17.8 Å². The van der Waals surface area contributed by atoms with Crippen LogP contribution in [0, 0.1) is 11.8 Å². The number of benzene rings is 2. The van der Waals surface area contributed by atoms with Crippen molar-refractivity contribution in [2.45, 2.75) is 19.4 Å². The molecule has 4 rings (SSSR count). The Morgan fingerprint density at radius 1 is 1.09 bits per heavy atom. The number of hydrogen-bond donors (Lipinski definition) is 0. The molecule has 0 saturated heterocycles. The van der Waals surface area contributed by atoms with Gasteiger partial charge in [0.15, 0.2) is 5.82 Å². The Labute approximate surface area is 208 Å². The van der Waals surface area contributed by atoms with Gasteiger partial charge in [0.05, 0.1) is 24.2 Å². The SMILES string of the molecule is COC(=O)OCCC#Cc1nc(-c2ccc(Cl)cc2)c(-c2ccncn2)n1CCc1ccccc1. The summed E-state index contributed by atoms with van der Waals surface area (Å²) in [4.78, 5) is 24.6. The maximum atomic E-state index is 11.2. The van der Waals surface area contributed by atoms with E-state index in [1.54, 1.807) is 6.20 Å². The van der Waals surface area contributed by atoms with Gasteiger partial charge in [-0.2, -0.15) is 0 Å². The maximum absolute atomic E-state index is 11.2. The Morgan fingerprint density at radius 2 is 1.89 bits per heavy atom. The van der Waals surface area contributed by atoms with Crippen LogP contribution in [0.3, 0.4) is 0 Å². The molecule has 8 heteroatoms. The highest BCUT2D eigenvalue weighted by atomic mass is 35.5. The first-order chi connectivity index (χ1) is 17.2. The molecular weight excluding hydrogens is 464 g/mol. The molecule has 0 atom stereocenters. The molecule has 0 unspecified atom stereocenters. The van der Waals surface area contributed by atoms with Crippen LogP contribution in [-0.4, -0.2) is 39.4 Å². The van der Waals surface area contributed by atoms with Gasteiger partial charge in [0.2, 0.25) is 0 Å². The molecule has 0 N–H and O–H groups in total. The molecular formula is C27H23ClN4O3. The highest BCUT2D eigenvalue weighted by molar-refractivity contribution is 6.30. The number of rotatable bonds is 7. The highest BCUT2D eigenvalue weighted by Gasteiger charge is 2.20. The molecule has 0 aliphatic rings. The van der Waals surface area contributed by atoms with Gasteiger partial charge in [-0.05, 0) is 36.1 Å². The second kappa shape index (κ2) is 11.8. The van der Waals surface area contributed by atoms with E-state index in [9.17, 15) is 4.79 Å². The number of hydrogen-bond acceptors (Lipinski definition) is 6. The van der Waals surface area contributed by atoms with Gasteiger partial charge in [0.1, 0.15) is 12.9 Å². The lowest BCUT2D eigenvalue weighted by Crippen LogP contribution is -2.07. The van der Waals surface area contributed by atoms with Gasteiger partial charge >= 0.3 is 6.16 Å². The minimum atomic E-state index is -0.729. The van der Waals surface area contributed by atoms with Crippen LogP contribution >= 0.6 is 11.6 Å². The van der Waals surface area contributed by atoms with E-state index in [-0.39, 0.29) is 6.61 Å². The van der Waals surface area contributed by atoms with E-state index in [1.165, 1.54) is 19.0 Å². The zero-order valence-electron chi connectivity index (χ0n) is 19.1. The van der Waals surface area contributed by atoms with E-state index >= 15 is 0 Å². The summed E-state index contributed by atoms with van der Waals surface area (Å²) < 4.78 is 11.5. The molecule has 0 radical (unpaired) electrons. The lowest BCUT2D eigenvalue weighted by molar-refractivity contribution is 0.0745. The molecule has 2 aromatic carbocycles. The summed E-state index contributed by atoms with van der Waals surface area (Å²) in [7, 11) is 1.27. The van der Waals surface area contributed by atoms with Gasteiger partial charge in [-0.25, -0.2) is 19.7 Å².